The van der Waals surface area contributed by atoms with Crippen LogP contribution in [-0.2, 0) is 16.1 Å². The maximum atomic E-state index is 13.2. The molecule has 1 saturated heterocycles. The highest BCUT2D eigenvalue weighted by Gasteiger charge is 2.52. The summed E-state index contributed by atoms with van der Waals surface area (Å²) in [6.07, 6.45) is 5.07. The van der Waals surface area contributed by atoms with Gasteiger partial charge in [-0.2, -0.15) is 0 Å². The van der Waals surface area contributed by atoms with Crippen LogP contribution in [0.1, 0.15) is 51.0 Å². The molecule has 1 N–H and O–H groups in total. The van der Waals surface area contributed by atoms with E-state index in [4.69, 9.17) is 4.74 Å². The number of likely N-dealkylation sites (tertiary alicyclic amines) is 1. The Morgan fingerprint density at radius 1 is 1.32 bits per heavy atom. The summed E-state index contributed by atoms with van der Waals surface area (Å²) in [6.45, 7) is 3.01. The fourth-order valence-electron chi connectivity index (χ4n) is 4.43. The topological polar surface area (TPSA) is 58.6 Å². The van der Waals surface area contributed by atoms with Crippen LogP contribution in [0.3, 0.4) is 0 Å². The van der Waals surface area contributed by atoms with Gasteiger partial charge >= 0.3 is 0 Å². The van der Waals surface area contributed by atoms with Gasteiger partial charge in [-0.25, -0.2) is 0 Å². The molecule has 1 heterocycles. The second-order valence-corrected chi connectivity index (χ2v) is 7.15. The van der Waals surface area contributed by atoms with E-state index in [9.17, 15) is 9.59 Å². The van der Waals surface area contributed by atoms with Gasteiger partial charge in [-0.15, -0.1) is 0 Å². The van der Waals surface area contributed by atoms with E-state index in [1.165, 1.54) is 0 Å². The van der Waals surface area contributed by atoms with Crippen molar-refractivity contribution < 1.29 is 14.3 Å². The van der Waals surface area contributed by atoms with Crippen LogP contribution < -0.4 is 10.1 Å². The number of nitrogens with one attached hydrogen (secondary N) is 1. The van der Waals surface area contributed by atoms with E-state index in [1.54, 1.807) is 0 Å². The zero-order chi connectivity index (χ0) is 17.9. The Labute approximate surface area is 149 Å². The molecular weight excluding hydrogens is 316 g/mol. The summed E-state index contributed by atoms with van der Waals surface area (Å²) < 4.78 is 5.65. The molecule has 5 heteroatoms. The van der Waals surface area contributed by atoms with Crippen molar-refractivity contribution in [2.45, 2.75) is 58.0 Å². The Morgan fingerprint density at radius 3 is 2.92 bits per heavy atom. The molecule has 2 aliphatic rings. The number of rotatable bonds is 5. The summed E-state index contributed by atoms with van der Waals surface area (Å²) in [5.41, 5.74) is 0.559. The molecule has 0 bridgehead atoms. The quantitative estimate of drug-likeness (QED) is 0.893. The van der Waals surface area contributed by atoms with Crippen molar-refractivity contribution in [2.24, 2.45) is 5.41 Å². The number of para-hydroxylation sites is 1. The average Bonchev–Trinajstić information content (AvgIpc) is 2.64. The van der Waals surface area contributed by atoms with Crippen molar-refractivity contribution in [2.75, 3.05) is 13.7 Å². The van der Waals surface area contributed by atoms with Gasteiger partial charge in [0.05, 0.1) is 12.0 Å². The highest BCUT2D eigenvalue weighted by Crippen LogP contribution is 2.46. The summed E-state index contributed by atoms with van der Waals surface area (Å²) >= 11 is 0. The third-order valence-electron chi connectivity index (χ3n) is 5.80. The number of fused-ring (bicyclic) bond motifs is 1. The Balaban J connectivity index is 1.74. The first-order valence-electron chi connectivity index (χ1n) is 9.33. The molecule has 2 atom stereocenters. The molecule has 1 aromatic carbocycles. The van der Waals surface area contributed by atoms with E-state index in [0.717, 1.165) is 37.0 Å². The Kier molecular flexibility index (Phi) is 5.30. The molecule has 0 aromatic heterocycles. The maximum Gasteiger partial charge on any atom is 0.228 e. The van der Waals surface area contributed by atoms with Crippen LogP contribution in [0.15, 0.2) is 24.3 Å². The van der Waals surface area contributed by atoms with Gasteiger partial charge in [-0.05, 0) is 32.3 Å². The molecule has 1 saturated carbocycles. The molecule has 0 spiro atoms. The molecule has 1 aliphatic heterocycles. The number of piperidine rings is 1. The second kappa shape index (κ2) is 7.46. The Bertz CT molecular complexity index is 646. The molecule has 25 heavy (non-hydrogen) atoms. The predicted octanol–water partition coefficient (Wildman–Crippen LogP) is 2.88. The molecule has 2 amide bonds. The van der Waals surface area contributed by atoms with E-state index in [0.29, 0.717) is 26.0 Å². The third kappa shape index (κ3) is 3.37. The van der Waals surface area contributed by atoms with Crippen molar-refractivity contribution in [3.63, 3.8) is 0 Å². The Hall–Kier alpha value is -2.04. The fraction of sp³-hybridized carbons (Fsp3) is 0.600. The number of carbonyl (C=O) groups excluding carboxylic acids is 2. The maximum absolute atomic E-state index is 13.2. The van der Waals surface area contributed by atoms with Crippen LogP contribution in [0.4, 0.5) is 0 Å². The predicted molar refractivity (Wildman–Crippen MR) is 96.2 cm³/mol. The first-order chi connectivity index (χ1) is 12.1. The number of nitrogens with zero attached hydrogens (tertiary/aromatic N) is 1. The van der Waals surface area contributed by atoms with Gasteiger partial charge in [0.2, 0.25) is 11.8 Å². The minimum Gasteiger partial charge on any atom is -0.494 e. The summed E-state index contributed by atoms with van der Waals surface area (Å²) in [4.78, 5) is 27.1. The van der Waals surface area contributed by atoms with Gasteiger partial charge in [0.1, 0.15) is 5.75 Å². The van der Waals surface area contributed by atoms with Crippen LogP contribution in [0.2, 0.25) is 0 Å². The van der Waals surface area contributed by atoms with Crippen molar-refractivity contribution in [3.8, 4) is 5.75 Å². The van der Waals surface area contributed by atoms with Crippen LogP contribution in [0, 0.1) is 5.41 Å². The number of hydrogen-bond acceptors (Lipinski definition) is 3. The molecule has 136 valence electrons. The fourth-order valence-corrected chi connectivity index (χ4v) is 4.43. The number of ether oxygens (including phenoxy) is 1. The van der Waals surface area contributed by atoms with Gasteiger partial charge in [-0.1, -0.05) is 31.0 Å². The first kappa shape index (κ1) is 17.8. The van der Waals surface area contributed by atoms with Crippen LogP contribution in [0.5, 0.6) is 5.75 Å². The largest absolute Gasteiger partial charge is 0.494 e. The standard InChI is InChI=1S/C20H28N2O3/c1-3-25-16-9-5-4-8-15(16)14-21-19(24)20-12-7-6-10-17(20)22(2)18(23)11-13-20/h4-5,8-9,17H,3,6-7,10-14H2,1-2H3,(H,21,24)/t17-,20-/m1/s1. The minimum absolute atomic E-state index is 0.0321. The van der Waals surface area contributed by atoms with E-state index >= 15 is 0 Å². The van der Waals surface area contributed by atoms with E-state index in [-0.39, 0.29) is 17.9 Å². The number of benzene rings is 1. The lowest BCUT2D eigenvalue weighted by atomic mass is 9.64. The molecule has 0 unspecified atom stereocenters. The molecule has 1 aliphatic carbocycles. The third-order valence-corrected chi connectivity index (χ3v) is 5.80. The first-order valence-corrected chi connectivity index (χ1v) is 9.33. The Morgan fingerprint density at radius 2 is 2.12 bits per heavy atom. The zero-order valence-corrected chi connectivity index (χ0v) is 15.2. The summed E-state index contributed by atoms with van der Waals surface area (Å²) in [7, 11) is 1.85. The van der Waals surface area contributed by atoms with Gasteiger partial charge < -0.3 is 15.0 Å². The number of carbonyl (C=O) groups is 2. The van der Waals surface area contributed by atoms with E-state index in [2.05, 4.69) is 5.32 Å². The SMILES string of the molecule is CCOc1ccccc1CNC(=O)[C@@]12CCCC[C@H]1N(C)C(=O)CC2. The lowest BCUT2D eigenvalue weighted by Crippen LogP contribution is -2.60. The monoisotopic (exact) mass is 344 g/mol. The van der Waals surface area contributed by atoms with Crippen LogP contribution >= 0.6 is 0 Å². The summed E-state index contributed by atoms with van der Waals surface area (Å²) in [5, 5.41) is 3.14. The van der Waals surface area contributed by atoms with Crippen molar-refractivity contribution in [1.29, 1.82) is 0 Å². The lowest BCUT2D eigenvalue weighted by molar-refractivity contribution is -0.153. The van der Waals surface area contributed by atoms with Crippen molar-refractivity contribution in [3.05, 3.63) is 29.8 Å². The zero-order valence-electron chi connectivity index (χ0n) is 15.2. The highest BCUT2D eigenvalue weighted by molar-refractivity contribution is 5.87. The molecule has 0 radical (unpaired) electrons. The van der Waals surface area contributed by atoms with Crippen molar-refractivity contribution in [1.82, 2.24) is 10.2 Å². The molecule has 2 fully saturated rings. The lowest BCUT2D eigenvalue weighted by Gasteiger charge is -2.50. The second-order valence-electron chi connectivity index (χ2n) is 7.15. The molecule has 3 rings (SSSR count). The molecule has 5 nitrogen and oxygen atoms in total. The van der Waals surface area contributed by atoms with Crippen molar-refractivity contribution >= 4 is 11.8 Å². The van der Waals surface area contributed by atoms with Crippen LogP contribution in [0.25, 0.3) is 0 Å². The van der Waals surface area contributed by atoms with Gasteiger partial charge in [-0.3, -0.25) is 9.59 Å². The van der Waals surface area contributed by atoms with E-state index < -0.39 is 5.41 Å². The number of hydrogen-bond donors (Lipinski definition) is 1. The number of amides is 2. The minimum atomic E-state index is -0.429. The highest BCUT2D eigenvalue weighted by atomic mass is 16.5. The van der Waals surface area contributed by atoms with Gasteiger partial charge in [0.25, 0.3) is 0 Å². The van der Waals surface area contributed by atoms with Gasteiger partial charge in [0.15, 0.2) is 0 Å². The van der Waals surface area contributed by atoms with Gasteiger partial charge in [0, 0.05) is 31.6 Å². The van der Waals surface area contributed by atoms with Crippen LogP contribution in [-0.4, -0.2) is 36.4 Å². The smallest absolute Gasteiger partial charge is 0.228 e. The average molecular weight is 344 g/mol. The summed E-state index contributed by atoms with van der Waals surface area (Å²) in [6, 6.07) is 7.84. The molecular formula is C20H28N2O3. The normalized spacial score (nSPS) is 26.1. The van der Waals surface area contributed by atoms with E-state index in [1.807, 2.05) is 43.1 Å². The summed E-state index contributed by atoms with van der Waals surface area (Å²) in [5.74, 6) is 1.07. The molecule has 1 aromatic rings.